The van der Waals surface area contributed by atoms with Crippen LogP contribution in [0.5, 0.6) is 0 Å². The van der Waals surface area contributed by atoms with Crippen LogP contribution in [0.3, 0.4) is 0 Å². The zero-order chi connectivity index (χ0) is 13.9. The van der Waals surface area contributed by atoms with Crippen molar-refractivity contribution in [1.82, 2.24) is 4.90 Å². The van der Waals surface area contributed by atoms with Gasteiger partial charge in [-0.3, -0.25) is 14.5 Å². The van der Waals surface area contributed by atoms with E-state index in [-0.39, 0.29) is 17.7 Å². The van der Waals surface area contributed by atoms with E-state index in [1.807, 2.05) is 39.1 Å². The summed E-state index contributed by atoms with van der Waals surface area (Å²) in [6, 6.07) is 6.13. The van der Waals surface area contributed by atoms with Gasteiger partial charge in [-0.05, 0) is 25.5 Å². The van der Waals surface area contributed by atoms with Crippen molar-refractivity contribution in [2.75, 3.05) is 25.5 Å². The lowest BCUT2D eigenvalue weighted by molar-refractivity contribution is -0.138. The number of amides is 2. The van der Waals surface area contributed by atoms with E-state index in [0.29, 0.717) is 6.54 Å². The Morgan fingerprint density at radius 1 is 1.26 bits per heavy atom. The predicted molar refractivity (Wildman–Crippen MR) is 73.1 cm³/mol. The van der Waals surface area contributed by atoms with E-state index < -0.39 is 5.41 Å². The van der Waals surface area contributed by atoms with Gasteiger partial charge in [0.05, 0.1) is 11.3 Å². The number of likely N-dealkylation sites (tertiary alicyclic amines) is 1. The molecule has 2 aliphatic heterocycles. The van der Waals surface area contributed by atoms with E-state index in [1.54, 1.807) is 7.05 Å². The zero-order valence-electron chi connectivity index (χ0n) is 11.7. The van der Waals surface area contributed by atoms with Crippen LogP contribution in [0.15, 0.2) is 18.2 Å². The fourth-order valence-corrected chi connectivity index (χ4v) is 3.41. The number of hydrogen-bond acceptors (Lipinski definition) is 3. The monoisotopic (exact) mass is 258 g/mol. The number of benzene rings is 1. The smallest absolute Gasteiger partial charge is 0.240 e. The van der Waals surface area contributed by atoms with E-state index in [4.69, 9.17) is 0 Å². The van der Waals surface area contributed by atoms with Crippen LogP contribution in [0.4, 0.5) is 5.69 Å². The first-order valence-corrected chi connectivity index (χ1v) is 6.51. The number of hydrogen-bond donors (Lipinski definition) is 0. The molecule has 2 aliphatic rings. The molecule has 19 heavy (non-hydrogen) atoms. The molecule has 0 aromatic heterocycles. The maximum atomic E-state index is 12.5. The molecule has 4 heteroatoms. The van der Waals surface area contributed by atoms with Crippen molar-refractivity contribution in [2.45, 2.75) is 19.3 Å². The topological polar surface area (TPSA) is 40.6 Å². The van der Waals surface area contributed by atoms with Crippen molar-refractivity contribution < 1.29 is 9.59 Å². The van der Waals surface area contributed by atoms with E-state index >= 15 is 0 Å². The minimum Gasteiger partial charge on any atom is -0.373 e. The summed E-state index contributed by atoms with van der Waals surface area (Å²) in [4.78, 5) is 28.2. The second kappa shape index (κ2) is 3.59. The lowest BCUT2D eigenvalue weighted by atomic mass is 9.69. The summed E-state index contributed by atoms with van der Waals surface area (Å²) in [6.45, 7) is 4.52. The van der Waals surface area contributed by atoms with Crippen molar-refractivity contribution in [3.05, 3.63) is 29.3 Å². The molecule has 1 fully saturated rings. The Kier molecular flexibility index (Phi) is 2.31. The van der Waals surface area contributed by atoms with Gasteiger partial charge in [0.2, 0.25) is 11.8 Å². The molecule has 3 rings (SSSR count). The fraction of sp³-hybridized carbons (Fsp3) is 0.467. The van der Waals surface area contributed by atoms with Gasteiger partial charge in [0.25, 0.3) is 0 Å². The molecule has 2 atom stereocenters. The summed E-state index contributed by atoms with van der Waals surface area (Å²) < 4.78 is 0. The molecule has 0 saturated carbocycles. The molecule has 2 heterocycles. The van der Waals surface area contributed by atoms with Crippen LogP contribution in [0.2, 0.25) is 0 Å². The van der Waals surface area contributed by atoms with Gasteiger partial charge < -0.3 is 4.90 Å². The van der Waals surface area contributed by atoms with Gasteiger partial charge >= 0.3 is 0 Å². The number of anilines is 1. The van der Waals surface area contributed by atoms with Gasteiger partial charge in [0.15, 0.2) is 0 Å². The average Bonchev–Trinajstić information content (AvgIpc) is 2.54. The van der Waals surface area contributed by atoms with Crippen LogP contribution in [-0.4, -0.2) is 37.4 Å². The van der Waals surface area contributed by atoms with Gasteiger partial charge in [-0.2, -0.15) is 0 Å². The fourth-order valence-electron chi connectivity index (χ4n) is 3.41. The summed E-state index contributed by atoms with van der Waals surface area (Å²) in [5, 5.41) is 0. The first kappa shape index (κ1) is 12.2. The predicted octanol–water partition coefficient (Wildman–Crippen LogP) is 1.32. The first-order valence-electron chi connectivity index (χ1n) is 6.51. The first-order chi connectivity index (χ1) is 8.87. The highest BCUT2D eigenvalue weighted by Gasteiger charge is 2.59. The number of rotatable bonds is 0. The number of aryl methyl sites for hydroxylation is 1. The zero-order valence-corrected chi connectivity index (χ0v) is 11.7. The second-order valence-electron chi connectivity index (χ2n) is 5.86. The Morgan fingerprint density at radius 2 is 1.95 bits per heavy atom. The van der Waals surface area contributed by atoms with Crippen LogP contribution in [0.1, 0.15) is 18.1 Å². The Labute approximate surface area is 113 Å². The van der Waals surface area contributed by atoms with Gasteiger partial charge in [0.1, 0.15) is 0 Å². The maximum absolute atomic E-state index is 12.5. The van der Waals surface area contributed by atoms with Crippen LogP contribution >= 0.6 is 0 Å². The summed E-state index contributed by atoms with van der Waals surface area (Å²) in [5.74, 6) is -0.418. The summed E-state index contributed by atoms with van der Waals surface area (Å²) in [6.07, 6.45) is 0. The van der Waals surface area contributed by atoms with E-state index in [0.717, 1.165) is 16.8 Å². The van der Waals surface area contributed by atoms with Gasteiger partial charge in [-0.1, -0.05) is 17.7 Å². The normalized spacial score (nSPS) is 29.6. The Morgan fingerprint density at radius 3 is 2.63 bits per heavy atom. The molecule has 0 radical (unpaired) electrons. The second-order valence-corrected chi connectivity index (χ2v) is 5.86. The molecule has 1 saturated heterocycles. The number of likely N-dealkylation sites (N-methyl/N-ethyl adjacent to an activating group) is 1. The Bertz CT molecular complexity index is 596. The third kappa shape index (κ3) is 1.34. The standard InChI is InChI=1S/C15H18N2O2/c1-9-5-6-12-10(7-9)15(2)11(8-16(12)3)13(18)17(4)14(15)19/h5-7,11H,8H2,1-4H3/t11-,15-/m0/s1. The van der Waals surface area contributed by atoms with Crippen molar-refractivity contribution in [2.24, 2.45) is 5.92 Å². The summed E-state index contributed by atoms with van der Waals surface area (Å²) in [5.41, 5.74) is 2.44. The third-order valence-corrected chi connectivity index (χ3v) is 4.65. The number of nitrogens with zero attached hydrogens (tertiary/aromatic N) is 2. The SMILES string of the molecule is Cc1ccc2c(c1)[C@]1(C)C(=O)N(C)C(=O)[C@@H]1CN2C. The van der Waals surface area contributed by atoms with Gasteiger partial charge in [-0.15, -0.1) is 0 Å². The highest BCUT2D eigenvalue weighted by molar-refractivity contribution is 6.11. The van der Waals surface area contributed by atoms with E-state index in [2.05, 4.69) is 4.90 Å². The van der Waals surface area contributed by atoms with Crippen LogP contribution in [-0.2, 0) is 15.0 Å². The van der Waals surface area contributed by atoms with Crippen molar-refractivity contribution in [3.8, 4) is 0 Å². The molecule has 2 amide bonds. The lowest BCUT2D eigenvalue weighted by Crippen LogP contribution is -2.47. The molecule has 1 aromatic carbocycles. The minimum absolute atomic E-state index is 0.0634. The van der Waals surface area contributed by atoms with Crippen molar-refractivity contribution >= 4 is 17.5 Å². The quantitative estimate of drug-likeness (QED) is 0.659. The minimum atomic E-state index is -0.709. The molecule has 100 valence electrons. The highest BCUT2D eigenvalue weighted by Crippen LogP contribution is 2.48. The molecule has 1 aromatic rings. The van der Waals surface area contributed by atoms with Crippen LogP contribution in [0, 0.1) is 12.8 Å². The number of imide groups is 1. The van der Waals surface area contributed by atoms with Crippen LogP contribution in [0.25, 0.3) is 0 Å². The molecule has 0 bridgehead atoms. The van der Waals surface area contributed by atoms with Crippen molar-refractivity contribution in [1.29, 1.82) is 0 Å². The van der Waals surface area contributed by atoms with Crippen molar-refractivity contribution in [3.63, 3.8) is 0 Å². The highest BCUT2D eigenvalue weighted by atomic mass is 16.2. The van der Waals surface area contributed by atoms with Gasteiger partial charge in [0, 0.05) is 26.3 Å². The van der Waals surface area contributed by atoms with E-state index in [9.17, 15) is 9.59 Å². The Hall–Kier alpha value is -1.84. The third-order valence-electron chi connectivity index (χ3n) is 4.65. The Balaban J connectivity index is 2.28. The van der Waals surface area contributed by atoms with E-state index in [1.165, 1.54) is 4.90 Å². The summed E-state index contributed by atoms with van der Waals surface area (Å²) >= 11 is 0. The molecule has 4 nitrogen and oxygen atoms in total. The largest absolute Gasteiger partial charge is 0.373 e. The molecule has 0 aliphatic carbocycles. The molecular weight excluding hydrogens is 240 g/mol. The average molecular weight is 258 g/mol. The number of carbonyl (C=O) groups excluding carboxylic acids is 2. The lowest BCUT2D eigenvalue weighted by Gasteiger charge is -2.40. The van der Waals surface area contributed by atoms with Gasteiger partial charge in [-0.25, -0.2) is 0 Å². The number of fused-ring (bicyclic) bond motifs is 3. The summed E-state index contributed by atoms with van der Waals surface area (Å²) in [7, 11) is 3.56. The molecule has 0 N–H and O–H groups in total. The number of carbonyl (C=O) groups is 2. The molecule has 0 spiro atoms. The van der Waals surface area contributed by atoms with Crippen LogP contribution < -0.4 is 4.90 Å². The molecule has 0 unspecified atom stereocenters. The maximum Gasteiger partial charge on any atom is 0.240 e. The molecular formula is C15H18N2O2.